The van der Waals surface area contributed by atoms with Gasteiger partial charge >= 0.3 is 13.3 Å². The van der Waals surface area contributed by atoms with Gasteiger partial charge in [-0.1, -0.05) is 74.6 Å². The molecule has 0 saturated carbocycles. The molecule has 0 bridgehead atoms. The molecule has 3 aliphatic heterocycles. The van der Waals surface area contributed by atoms with E-state index in [4.69, 9.17) is 9.05 Å². The number of alkyl halides is 2. The van der Waals surface area contributed by atoms with Crippen molar-refractivity contribution in [3.63, 3.8) is 0 Å². The summed E-state index contributed by atoms with van der Waals surface area (Å²) in [5, 5.41) is 21.6. The number of aliphatic hydroxyl groups is 1. The van der Waals surface area contributed by atoms with Gasteiger partial charge in [0.25, 0.3) is 5.91 Å². The van der Waals surface area contributed by atoms with Crippen molar-refractivity contribution in [3.05, 3.63) is 59.9 Å². The third-order valence-electron chi connectivity index (χ3n) is 11.7. The molecule has 17 nitrogen and oxygen atoms in total. The minimum absolute atomic E-state index is 0.00938. The SMILES string of the molecule is CC(=O)N1CC[C@H]2CC[C@@H](C(=O)N3C[C@H](O)[C@@H](n4ccnn4)C3)N2C(=O)[C@@H](NC(=O)c2ccc3ccc(C(F)(F)P(=O)(OCCSC(=O)CC(C)C)OCCSC(=O)CC(C)C)cc3c2)C1. The molecular weight excluding hydrogens is 920 g/mol. The number of nitrogens with zero attached hydrogens (tertiary/aromatic N) is 6. The number of likely N-dealkylation sites (tertiary alicyclic amines) is 1. The van der Waals surface area contributed by atoms with Crippen LogP contribution in [-0.2, 0) is 43.2 Å². The smallest absolute Gasteiger partial charge is 0.389 e. The number of halogens is 2. The summed E-state index contributed by atoms with van der Waals surface area (Å²) in [6, 6.07) is 4.74. The normalized spacial score (nSPS) is 21.6. The van der Waals surface area contributed by atoms with Crippen LogP contribution in [-0.4, -0.2) is 144 Å². The molecule has 6 rings (SSSR count). The fraction of sp³-hybridized carbons (Fsp3) is 0.591. The quantitative estimate of drug-likeness (QED) is 0.120. The van der Waals surface area contributed by atoms with Gasteiger partial charge in [-0.05, 0) is 60.1 Å². The first-order valence-corrected chi connectivity index (χ1v) is 25.6. The maximum Gasteiger partial charge on any atom is 0.404 e. The van der Waals surface area contributed by atoms with Crippen LogP contribution < -0.4 is 5.32 Å². The average Bonchev–Trinajstić information content (AvgIpc) is 4.03. The van der Waals surface area contributed by atoms with E-state index in [-0.39, 0.29) is 95.4 Å². The first-order valence-electron chi connectivity index (χ1n) is 22.1. The Morgan fingerprint density at radius 1 is 0.894 bits per heavy atom. The standard InChI is InChI=1S/C44H58F2N7O10PS2/c1-27(2)20-39(56)65-18-16-62-64(61,63-17-19-66-40(57)21-28(3)4)44(45,46)33-9-8-30-6-7-31(22-32(30)23-33)41(58)48-35-24-50(29(5)54)14-12-34-10-11-36(53(34)42(35)59)43(60)51-25-37(38(55)26-51)52-15-13-47-49-52/h6-9,13,15,22-23,27-28,34-38,55H,10-12,14,16-21,24-26H2,1-5H3,(H,48,58)/t34-,35+,36+,37+,38+/m1/s1. The van der Waals surface area contributed by atoms with Gasteiger partial charge in [-0.2, -0.15) is 8.78 Å². The Bertz CT molecular complexity index is 2270. The van der Waals surface area contributed by atoms with Crippen LogP contribution in [0.25, 0.3) is 10.8 Å². The number of carbonyl (C=O) groups is 6. The lowest BCUT2D eigenvalue weighted by Crippen LogP contribution is -2.61. The molecule has 0 unspecified atom stereocenters. The van der Waals surface area contributed by atoms with E-state index in [2.05, 4.69) is 15.6 Å². The minimum atomic E-state index is -5.31. The number of hydrogen-bond donors (Lipinski definition) is 2. The third-order valence-corrected chi connectivity index (χ3v) is 15.4. The van der Waals surface area contributed by atoms with Crippen LogP contribution in [0.4, 0.5) is 8.78 Å². The lowest BCUT2D eigenvalue weighted by Gasteiger charge is -2.39. The molecule has 4 amide bonds. The van der Waals surface area contributed by atoms with E-state index < -0.39 is 74.1 Å². The largest absolute Gasteiger partial charge is 0.404 e. The molecule has 0 radical (unpaired) electrons. The van der Waals surface area contributed by atoms with Gasteiger partial charge in [-0.15, -0.1) is 5.10 Å². The van der Waals surface area contributed by atoms with Crippen molar-refractivity contribution < 1.29 is 56.3 Å². The van der Waals surface area contributed by atoms with Crippen molar-refractivity contribution in [1.29, 1.82) is 0 Å². The number of thioether (sulfide) groups is 2. The number of carbonyl (C=O) groups excluding carboxylic acids is 6. The predicted molar refractivity (Wildman–Crippen MR) is 245 cm³/mol. The highest BCUT2D eigenvalue weighted by atomic mass is 32.2. The number of fused-ring (bicyclic) bond motifs is 2. The van der Waals surface area contributed by atoms with Gasteiger partial charge in [0.1, 0.15) is 12.1 Å². The Morgan fingerprint density at radius 2 is 1.55 bits per heavy atom. The molecule has 5 atom stereocenters. The van der Waals surface area contributed by atoms with Crippen molar-refractivity contribution in [2.45, 2.75) is 103 Å². The molecule has 3 saturated heterocycles. The number of rotatable bonds is 18. The molecule has 4 heterocycles. The summed E-state index contributed by atoms with van der Waals surface area (Å²) in [5.41, 5.74) is -4.96. The van der Waals surface area contributed by atoms with Crippen LogP contribution in [0.2, 0.25) is 0 Å². The van der Waals surface area contributed by atoms with Crippen LogP contribution >= 0.6 is 31.1 Å². The van der Waals surface area contributed by atoms with Crippen molar-refractivity contribution >= 4 is 75.8 Å². The number of amides is 4. The zero-order valence-electron chi connectivity index (χ0n) is 37.7. The second-order valence-corrected chi connectivity index (χ2v) is 22.0. The van der Waals surface area contributed by atoms with Crippen LogP contribution in [0, 0.1) is 11.8 Å². The summed E-state index contributed by atoms with van der Waals surface area (Å²) in [6.07, 6.45) is 3.92. The van der Waals surface area contributed by atoms with Crippen LogP contribution in [0.15, 0.2) is 48.8 Å². The van der Waals surface area contributed by atoms with Gasteiger partial charge in [0.05, 0.1) is 31.6 Å². The van der Waals surface area contributed by atoms with Crippen molar-refractivity contribution in [3.8, 4) is 0 Å². The zero-order chi connectivity index (χ0) is 47.9. The van der Waals surface area contributed by atoms with Gasteiger partial charge in [0, 0.05) is 80.8 Å². The third kappa shape index (κ3) is 12.2. The second-order valence-electron chi connectivity index (χ2n) is 17.7. The summed E-state index contributed by atoms with van der Waals surface area (Å²) in [7, 11) is -5.31. The van der Waals surface area contributed by atoms with Gasteiger partial charge in [-0.3, -0.25) is 33.3 Å². The molecule has 0 spiro atoms. The Kier molecular flexibility index (Phi) is 17.2. The Morgan fingerprint density at radius 3 is 2.15 bits per heavy atom. The van der Waals surface area contributed by atoms with Crippen LogP contribution in [0.5, 0.6) is 0 Å². The number of benzene rings is 2. The fourth-order valence-electron chi connectivity index (χ4n) is 8.41. The second kappa shape index (κ2) is 22.2. The molecule has 0 aliphatic carbocycles. The molecule has 3 aromatic rings. The Hall–Kier alpha value is -4.27. The molecule has 22 heteroatoms. The number of β-amino-alcohol motifs (C(OH)–C–C–N with tert-alkyl or cyclic N) is 1. The van der Waals surface area contributed by atoms with E-state index in [1.165, 1.54) is 56.8 Å². The summed E-state index contributed by atoms with van der Waals surface area (Å²) in [5.74, 6) is -1.91. The van der Waals surface area contributed by atoms with Gasteiger partial charge in [-0.25, -0.2) is 4.68 Å². The number of aromatic nitrogens is 3. The maximum atomic E-state index is 16.6. The summed E-state index contributed by atoms with van der Waals surface area (Å²) >= 11 is 1.76. The molecule has 1 aromatic heterocycles. The van der Waals surface area contributed by atoms with E-state index in [9.17, 15) is 38.4 Å². The molecular formula is C44H58F2N7O10PS2. The van der Waals surface area contributed by atoms with E-state index in [0.717, 1.165) is 35.7 Å². The predicted octanol–water partition coefficient (Wildman–Crippen LogP) is 5.47. The first kappa shape index (κ1) is 51.1. The molecule has 360 valence electrons. The molecule has 3 aliphatic rings. The number of aliphatic hydroxyl groups excluding tert-OH is 1. The molecule has 2 N–H and O–H groups in total. The molecule has 66 heavy (non-hydrogen) atoms. The molecule has 2 aromatic carbocycles. The average molecular weight is 978 g/mol. The topological polar surface area (TPSA) is 211 Å². The first-order chi connectivity index (χ1) is 31.3. The highest BCUT2D eigenvalue weighted by Gasteiger charge is 2.55. The fourth-order valence-corrected chi connectivity index (χ4v) is 11.9. The van der Waals surface area contributed by atoms with Crippen molar-refractivity contribution in [2.24, 2.45) is 11.8 Å². The van der Waals surface area contributed by atoms with Gasteiger partial charge in [0.2, 0.25) is 17.7 Å². The Labute approximate surface area is 390 Å². The summed E-state index contributed by atoms with van der Waals surface area (Å²) in [4.78, 5) is 84.4. The lowest BCUT2D eigenvalue weighted by atomic mass is 10.0. The Balaban J connectivity index is 1.20. The lowest BCUT2D eigenvalue weighted by molar-refractivity contribution is -0.148. The monoisotopic (exact) mass is 977 g/mol. The summed E-state index contributed by atoms with van der Waals surface area (Å²) < 4.78 is 59.4. The van der Waals surface area contributed by atoms with Crippen LogP contribution in [0.3, 0.4) is 0 Å². The van der Waals surface area contributed by atoms with E-state index >= 15 is 8.78 Å². The van der Waals surface area contributed by atoms with Crippen molar-refractivity contribution in [2.75, 3.05) is 50.9 Å². The highest BCUT2D eigenvalue weighted by Crippen LogP contribution is 2.67. The number of hydrogen-bond acceptors (Lipinski definition) is 14. The molecule has 3 fully saturated rings. The van der Waals surface area contributed by atoms with E-state index in [0.29, 0.717) is 24.6 Å². The van der Waals surface area contributed by atoms with Gasteiger partial charge < -0.3 is 34.2 Å². The minimum Gasteiger partial charge on any atom is -0.389 e. The van der Waals surface area contributed by atoms with Crippen molar-refractivity contribution in [1.82, 2.24) is 35.0 Å². The zero-order valence-corrected chi connectivity index (χ0v) is 40.2. The summed E-state index contributed by atoms with van der Waals surface area (Å²) in [6.45, 7) is 8.11. The maximum absolute atomic E-state index is 16.6. The van der Waals surface area contributed by atoms with Gasteiger partial charge in [0.15, 0.2) is 10.2 Å². The number of nitrogens with one attached hydrogen (secondary N) is 1. The van der Waals surface area contributed by atoms with E-state index in [1.807, 2.05) is 27.7 Å². The van der Waals surface area contributed by atoms with Crippen LogP contribution in [0.1, 0.15) is 88.7 Å². The van der Waals surface area contributed by atoms with E-state index in [1.54, 1.807) is 6.20 Å². The highest BCUT2D eigenvalue weighted by molar-refractivity contribution is 8.13.